The molecule has 2 heterocycles. The van der Waals surface area contributed by atoms with Gasteiger partial charge in [0, 0.05) is 29.3 Å². The van der Waals surface area contributed by atoms with Crippen LogP contribution in [0.1, 0.15) is 34.5 Å². The van der Waals surface area contributed by atoms with Gasteiger partial charge in [-0.15, -0.1) is 0 Å². The van der Waals surface area contributed by atoms with E-state index in [0.717, 1.165) is 10.9 Å². The molecule has 0 saturated heterocycles. The van der Waals surface area contributed by atoms with Crippen molar-refractivity contribution < 1.29 is 23.5 Å². The number of ether oxygens (including phenoxy) is 2. The molecule has 1 unspecified atom stereocenters. The van der Waals surface area contributed by atoms with Crippen LogP contribution in [-0.4, -0.2) is 48.7 Å². The van der Waals surface area contributed by atoms with Crippen LogP contribution in [0.4, 0.5) is 9.18 Å². The number of alkyl carbamates (subject to hydrolysis) is 1. The maximum atomic E-state index is 17.4. The van der Waals surface area contributed by atoms with Crippen LogP contribution >= 0.6 is 39.1 Å². The summed E-state index contributed by atoms with van der Waals surface area (Å²) in [6.45, 7) is 6.61. The molecule has 1 saturated carbocycles. The SMILES string of the molecule is C[Si](C)(C)CCOC(=O)NC1(COC2(F)c3ccc(Br)c(-c4ccc(Cl)cc4)c3C(=O)N2Cc2ccc(Cl)cn2)CC1. The number of carbonyl (C=O) groups is 2. The normalized spacial score (nSPS) is 19.0. The minimum atomic E-state index is -2.63. The second kappa shape index (κ2) is 11.9. The van der Waals surface area contributed by atoms with Gasteiger partial charge in [0.2, 0.25) is 0 Å². The number of rotatable bonds is 10. The first kappa shape index (κ1) is 30.9. The Bertz CT molecular complexity index is 1500. The molecule has 42 heavy (non-hydrogen) atoms. The van der Waals surface area contributed by atoms with Gasteiger partial charge in [-0.3, -0.25) is 14.7 Å². The molecule has 1 atom stereocenters. The van der Waals surface area contributed by atoms with Crippen molar-refractivity contribution in [3.8, 4) is 11.1 Å². The molecule has 7 nitrogen and oxygen atoms in total. The van der Waals surface area contributed by atoms with Crippen molar-refractivity contribution in [3.05, 3.63) is 86.1 Å². The van der Waals surface area contributed by atoms with Gasteiger partial charge in [0.1, 0.15) is 0 Å². The van der Waals surface area contributed by atoms with Crippen LogP contribution in [0, 0.1) is 0 Å². The first-order valence-electron chi connectivity index (χ1n) is 13.6. The standard InChI is InChI=1S/C30H31BrCl2FN3O4Si/c1-42(2,3)15-14-40-28(39)36-29(12-13-29)18-41-30(34)23-10-11-24(31)25(19-4-6-20(32)7-5-19)26(23)27(38)37(30)17-22-9-8-21(33)16-35-22/h4-11,16H,12-15,17-18H2,1-3H3,(H,36,39). The van der Waals surface area contributed by atoms with Crippen molar-refractivity contribution in [2.75, 3.05) is 13.2 Å². The minimum absolute atomic E-state index is 0.0723. The maximum absolute atomic E-state index is 17.4. The van der Waals surface area contributed by atoms with E-state index in [0.29, 0.717) is 50.8 Å². The average molecular weight is 695 g/mol. The third-order valence-corrected chi connectivity index (χ3v) is 10.2. The number of alkyl halides is 1. The second-order valence-corrected chi connectivity index (χ2v) is 19.3. The first-order valence-corrected chi connectivity index (χ1v) is 18.9. The van der Waals surface area contributed by atoms with Crippen molar-refractivity contribution in [2.24, 2.45) is 0 Å². The van der Waals surface area contributed by atoms with E-state index in [2.05, 4.69) is 45.9 Å². The lowest BCUT2D eigenvalue weighted by Crippen LogP contribution is -2.47. The van der Waals surface area contributed by atoms with Gasteiger partial charge in [0.25, 0.3) is 5.91 Å². The van der Waals surface area contributed by atoms with Crippen LogP contribution in [0.15, 0.2) is 59.2 Å². The summed E-state index contributed by atoms with van der Waals surface area (Å²) in [4.78, 5) is 31.9. The molecule has 0 spiro atoms. The van der Waals surface area contributed by atoms with Gasteiger partial charge in [-0.25, -0.2) is 4.79 Å². The average Bonchev–Trinajstić information content (AvgIpc) is 3.66. The molecule has 0 bridgehead atoms. The van der Waals surface area contributed by atoms with Gasteiger partial charge < -0.3 is 14.8 Å². The number of carbonyl (C=O) groups excluding carboxylic acids is 2. The van der Waals surface area contributed by atoms with E-state index in [1.165, 1.54) is 6.20 Å². The third kappa shape index (κ3) is 6.68. The molecule has 1 aliphatic carbocycles. The number of halogens is 4. The quantitative estimate of drug-likeness (QED) is 0.171. The van der Waals surface area contributed by atoms with E-state index in [1.54, 1.807) is 48.5 Å². The number of aromatic nitrogens is 1. The second-order valence-electron chi connectivity index (χ2n) is 11.9. The van der Waals surface area contributed by atoms with E-state index in [-0.39, 0.29) is 24.3 Å². The molecular weight excluding hydrogens is 664 g/mol. The van der Waals surface area contributed by atoms with Gasteiger partial charge in [0.15, 0.2) is 0 Å². The van der Waals surface area contributed by atoms with Crippen molar-refractivity contribution in [2.45, 2.75) is 56.6 Å². The summed E-state index contributed by atoms with van der Waals surface area (Å²) in [6, 6.07) is 14.3. The lowest BCUT2D eigenvalue weighted by Gasteiger charge is -2.33. The molecule has 5 rings (SSSR count). The Hall–Kier alpha value is -2.50. The van der Waals surface area contributed by atoms with Crippen molar-refractivity contribution >= 4 is 59.2 Å². The van der Waals surface area contributed by atoms with Gasteiger partial charge in [-0.1, -0.05) is 70.9 Å². The zero-order chi connectivity index (χ0) is 30.3. The first-order chi connectivity index (χ1) is 19.8. The molecule has 1 aromatic heterocycles. The van der Waals surface area contributed by atoms with Crippen LogP contribution < -0.4 is 5.32 Å². The van der Waals surface area contributed by atoms with Gasteiger partial charge in [-0.2, -0.15) is 4.39 Å². The highest BCUT2D eigenvalue weighted by atomic mass is 79.9. The molecule has 1 aliphatic heterocycles. The predicted molar refractivity (Wildman–Crippen MR) is 167 cm³/mol. The molecule has 3 aromatic rings. The molecule has 222 valence electrons. The fourth-order valence-electron chi connectivity index (χ4n) is 4.75. The van der Waals surface area contributed by atoms with E-state index in [1.807, 2.05) is 0 Å². The fraction of sp³-hybridized carbons (Fsp3) is 0.367. The highest BCUT2D eigenvalue weighted by Gasteiger charge is 2.56. The van der Waals surface area contributed by atoms with Crippen LogP contribution in [0.3, 0.4) is 0 Å². The molecule has 12 heteroatoms. The third-order valence-electron chi connectivity index (χ3n) is 7.38. The lowest BCUT2D eigenvalue weighted by molar-refractivity contribution is -0.237. The lowest BCUT2D eigenvalue weighted by atomic mass is 9.96. The highest BCUT2D eigenvalue weighted by molar-refractivity contribution is 9.10. The van der Waals surface area contributed by atoms with Crippen molar-refractivity contribution in [3.63, 3.8) is 0 Å². The zero-order valence-electron chi connectivity index (χ0n) is 23.5. The molecule has 1 N–H and O–H groups in total. The Morgan fingerprint density at radius 2 is 1.76 bits per heavy atom. The molecule has 0 radical (unpaired) electrons. The van der Waals surface area contributed by atoms with E-state index in [9.17, 15) is 9.59 Å². The summed E-state index contributed by atoms with van der Waals surface area (Å²) in [6.07, 6.45) is 2.09. The van der Waals surface area contributed by atoms with Gasteiger partial charge in [0.05, 0.1) is 47.1 Å². The van der Waals surface area contributed by atoms with Gasteiger partial charge >= 0.3 is 12.1 Å². The number of amides is 2. The Morgan fingerprint density at radius 3 is 2.38 bits per heavy atom. The van der Waals surface area contributed by atoms with Crippen LogP contribution in [-0.2, 0) is 22.0 Å². The highest BCUT2D eigenvalue weighted by Crippen LogP contribution is 2.49. The fourth-order valence-corrected chi connectivity index (χ4v) is 6.26. The number of nitrogens with zero attached hydrogens (tertiary/aromatic N) is 2. The van der Waals surface area contributed by atoms with Crippen LogP contribution in [0.2, 0.25) is 35.7 Å². The number of pyridine rings is 1. The predicted octanol–water partition coefficient (Wildman–Crippen LogP) is 8.17. The summed E-state index contributed by atoms with van der Waals surface area (Å²) in [5.41, 5.74) is 1.11. The van der Waals surface area contributed by atoms with E-state index < -0.39 is 31.6 Å². The number of benzene rings is 2. The van der Waals surface area contributed by atoms with Crippen molar-refractivity contribution in [1.29, 1.82) is 0 Å². The zero-order valence-corrected chi connectivity index (χ0v) is 27.6. The Balaban J connectivity index is 1.45. The number of nitrogens with one attached hydrogen (secondary N) is 1. The summed E-state index contributed by atoms with van der Waals surface area (Å²) in [5.74, 6) is -3.19. The molecule has 2 amide bonds. The number of hydrogen-bond donors (Lipinski definition) is 1. The summed E-state index contributed by atoms with van der Waals surface area (Å²) in [7, 11) is -1.37. The largest absolute Gasteiger partial charge is 0.450 e. The minimum Gasteiger partial charge on any atom is -0.450 e. The smallest absolute Gasteiger partial charge is 0.407 e. The molecule has 1 fully saturated rings. The molecular formula is C30H31BrCl2FN3O4Si. The number of hydrogen-bond acceptors (Lipinski definition) is 5. The molecule has 2 aromatic carbocycles. The van der Waals surface area contributed by atoms with Crippen molar-refractivity contribution in [1.82, 2.24) is 15.2 Å². The van der Waals surface area contributed by atoms with Gasteiger partial charge in [-0.05, 0) is 60.8 Å². The Labute approximate surface area is 263 Å². The van der Waals surface area contributed by atoms with E-state index in [4.69, 9.17) is 32.7 Å². The summed E-state index contributed by atoms with van der Waals surface area (Å²) >= 11 is 15.7. The molecule has 2 aliphatic rings. The summed E-state index contributed by atoms with van der Waals surface area (Å²) < 4.78 is 29.4. The Morgan fingerprint density at radius 1 is 1.07 bits per heavy atom. The van der Waals surface area contributed by atoms with E-state index >= 15 is 4.39 Å². The van der Waals surface area contributed by atoms with Crippen LogP contribution in [0.25, 0.3) is 11.1 Å². The summed E-state index contributed by atoms with van der Waals surface area (Å²) in [5, 5.41) is 3.82. The monoisotopic (exact) mass is 693 g/mol. The maximum Gasteiger partial charge on any atom is 0.407 e. The number of fused-ring (bicyclic) bond motifs is 1. The topological polar surface area (TPSA) is 80.8 Å². The van der Waals surface area contributed by atoms with Crippen LogP contribution in [0.5, 0.6) is 0 Å². The Kier molecular flexibility index (Phi) is 8.75.